The molecule has 2 aliphatic heterocycles. The minimum absolute atomic E-state index is 0.428. The van der Waals surface area contributed by atoms with Crippen molar-refractivity contribution in [2.24, 2.45) is 4.99 Å². The summed E-state index contributed by atoms with van der Waals surface area (Å²) < 4.78 is 5.76. The van der Waals surface area contributed by atoms with Crippen molar-refractivity contribution in [2.75, 3.05) is 45.3 Å². The van der Waals surface area contributed by atoms with E-state index in [4.69, 9.17) is 9.73 Å². The van der Waals surface area contributed by atoms with Crippen molar-refractivity contribution in [1.82, 2.24) is 4.90 Å². The smallest absolute Gasteiger partial charge is 0.297 e. The minimum atomic E-state index is 0.428. The van der Waals surface area contributed by atoms with Crippen molar-refractivity contribution in [2.45, 2.75) is 6.92 Å². The van der Waals surface area contributed by atoms with E-state index in [1.54, 1.807) is 11.3 Å². The lowest BCUT2D eigenvalue weighted by atomic mass is 10.2. The van der Waals surface area contributed by atoms with E-state index >= 15 is 0 Å². The molecule has 6 nitrogen and oxygen atoms in total. The number of quaternary nitrogens is 1. The SMILES string of the molecule is Cc1cc2c(s1)Nc1ccccc1N=C2N1CC[N+](C)(COC=O)CC1. The Bertz CT molecular complexity index is 853. The third-order valence-corrected chi connectivity index (χ3v) is 6.01. The summed E-state index contributed by atoms with van der Waals surface area (Å²) in [6, 6.07) is 10.4. The maximum Gasteiger partial charge on any atom is 0.297 e. The van der Waals surface area contributed by atoms with Crippen LogP contribution in [0.25, 0.3) is 0 Å². The summed E-state index contributed by atoms with van der Waals surface area (Å²) in [5.41, 5.74) is 3.18. The third-order valence-electron chi connectivity index (χ3n) is 5.05. The molecule has 3 heterocycles. The van der Waals surface area contributed by atoms with Gasteiger partial charge in [0.25, 0.3) is 6.47 Å². The van der Waals surface area contributed by atoms with Crippen molar-refractivity contribution in [3.05, 3.63) is 40.8 Å². The second kappa shape index (κ2) is 6.74. The number of nitrogens with one attached hydrogen (secondary N) is 1. The number of rotatable bonds is 3. The largest absolute Gasteiger partial charge is 0.417 e. The lowest BCUT2D eigenvalue weighted by Crippen LogP contribution is -2.59. The number of aryl methyl sites for hydroxylation is 1. The molecular weight excluding hydrogens is 348 g/mol. The van der Waals surface area contributed by atoms with Crippen LogP contribution in [-0.4, -0.2) is 61.6 Å². The highest BCUT2D eigenvalue weighted by molar-refractivity contribution is 7.16. The average Bonchev–Trinajstić information content (AvgIpc) is 2.93. The number of amidine groups is 1. The number of fused-ring (bicyclic) bond motifs is 2. The molecule has 0 amide bonds. The number of benzene rings is 1. The van der Waals surface area contributed by atoms with Crippen LogP contribution in [0.1, 0.15) is 10.4 Å². The predicted octanol–water partition coefficient (Wildman–Crippen LogP) is 3.08. The van der Waals surface area contributed by atoms with Gasteiger partial charge in [0.15, 0.2) is 0 Å². The van der Waals surface area contributed by atoms with Gasteiger partial charge in [-0.25, -0.2) is 4.99 Å². The summed E-state index contributed by atoms with van der Waals surface area (Å²) in [6.45, 7) is 6.69. The van der Waals surface area contributed by atoms with Gasteiger partial charge in [-0.1, -0.05) is 12.1 Å². The van der Waals surface area contributed by atoms with Crippen molar-refractivity contribution in [3.8, 4) is 0 Å². The molecule has 1 saturated heterocycles. The lowest BCUT2D eigenvalue weighted by Gasteiger charge is -2.41. The number of para-hydroxylation sites is 2. The van der Waals surface area contributed by atoms with Gasteiger partial charge in [-0.15, -0.1) is 11.3 Å². The quantitative estimate of drug-likeness (QED) is 0.665. The highest BCUT2D eigenvalue weighted by Gasteiger charge is 2.32. The summed E-state index contributed by atoms with van der Waals surface area (Å²) in [5, 5.41) is 4.70. The molecule has 0 atom stereocenters. The number of thiophene rings is 1. The number of hydrogen-bond acceptors (Lipinski definition) is 6. The Morgan fingerprint density at radius 3 is 2.88 bits per heavy atom. The molecule has 2 aromatic rings. The van der Waals surface area contributed by atoms with Crippen LogP contribution in [0.5, 0.6) is 0 Å². The number of anilines is 2. The zero-order valence-corrected chi connectivity index (χ0v) is 15.9. The highest BCUT2D eigenvalue weighted by Crippen LogP contribution is 2.39. The molecule has 4 rings (SSSR count). The lowest BCUT2D eigenvalue weighted by molar-refractivity contribution is -0.928. The van der Waals surface area contributed by atoms with E-state index in [2.05, 4.69) is 36.3 Å². The number of aliphatic imine (C=N–C) groups is 1. The second-order valence-corrected chi connectivity index (χ2v) is 8.38. The van der Waals surface area contributed by atoms with Crippen LogP contribution in [0.3, 0.4) is 0 Å². The molecule has 1 aromatic heterocycles. The Morgan fingerprint density at radius 1 is 1.35 bits per heavy atom. The van der Waals surface area contributed by atoms with Gasteiger partial charge in [-0.2, -0.15) is 0 Å². The van der Waals surface area contributed by atoms with Crippen LogP contribution < -0.4 is 5.32 Å². The summed E-state index contributed by atoms with van der Waals surface area (Å²) in [7, 11) is 2.13. The summed E-state index contributed by atoms with van der Waals surface area (Å²) in [4.78, 5) is 19.2. The molecule has 0 radical (unpaired) electrons. The van der Waals surface area contributed by atoms with Gasteiger partial charge in [-0.3, -0.25) is 9.28 Å². The maximum absolute atomic E-state index is 10.5. The second-order valence-electron chi connectivity index (χ2n) is 7.12. The first-order valence-electron chi connectivity index (χ1n) is 8.77. The van der Waals surface area contributed by atoms with Gasteiger partial charge in [0, 0.05) is 4.88 Å². The average molecular weight is 371 g/mol. The first kappa shape index (κ1) is 17.1. The van der Waals surface area contributed by atoms with Crippen molar-refractivity contribution in [3.63, 3.8) is 0 Å². The fraction of sp³-hybridized carbons (Fsp3) is 0.368. The zero-order chi connectivity index (χ0) is 18.1. The summed E-state index contributed by atoms with van der Waals surface area (Å²) >= 11 is 1.76. The van der Waals surface area contributed by atoms with Crippen LogP contribution in [0.2, 0.25) is 0 Å². The molecule has 1 fully saturated rings. The number of carbonyl (C=O) groups excluding carboxylic acids is 1. The fourth-order valence-electron chi connectivity index (χ4n) is 3.49. The van der Waals surface area contributed by atoms with Gasteiger partial charge < -0.3 is 15.0 Å². The van der Waals surface area contributed by atoms with Crippen molar-refractivity contribution in [1.29, 1.82) is 0 Å². The molecule has 1 aromatic carbocycles. The standard InChI is InChI=1S/C19H23N4O2S/c1-14-11-15-18(22-7-9-23(2,10-8-22)12-25-13-24)20-16-5-3-4-6-17(16)21-19(15)26-14/h3-6,11,13,21H,7-10,12H2,1-2H3/q+1. The molecule has 0 spiro atoms. The van der Waals surface area contributed by atoms with E-state index in [-0.39, 0.29) is 0 Å². The molecule has 0 unspecified atom stereocenters. The highest BCUT2D eigenvalue weighted by atomic mass is 32.1. The Labute approximate surface area is 157 Å². The van der Waals surface area contributed by atoms with E-state index in [9.17, 15) is 4.79 Å². The minimum Gasteiger partial charge on any atom is -0.417 e. The predicted molar refractivity (Wildman–Crippen MR) is 104 cm³/mol. The molecule has 0 saturated carbocycles. The number of carbonyl (C=O) groups is 1. The molecule has 1 N–H and O–H groups in total. The zero-order valence-electron chi connectivity index (χ0n) is 15.1. The summed E-state index contributed by atoms with van der Waals surface area (Å²) in [6.07, 6.45) is 0. The number of hydrogen-bond donors (Lipinski definition) is 1. The molecule has 2 aliphatic rings. The summed E-state index contributed by atoms with van der Waals surface area (Å²) in [5.74, 6) is 1.03. The van der Waals surface area contributed by atoms with Crippen LogP contribution >= 0.6 is 11.3 Å². The van der Waals surface area contributed by atoms with Gasteiger partial charge in [-0.05, 0) is 25.1 Å². The van der Waals surface area contributed by atoms with Crippen LogP contribution in [0.4, 0.5) is 16.4 Å². The van der Waals surface area contributed by atoms with E-state index in [0.717, 1.165) is 52.9 Å². The van der Waals surface area contributed by atoms with E-state index in [1.165, 1.54) is 10.4 Å². The first-order valence-corrected chi connectivity index (χ1v) is 9.59. The number of piperazine rings is 1. The molecule has 0 bridgehead atoms. The molecule has 0 aliphatic carbocycles. The van der Waals surface area contributed by atoms with Crippen LogP contribution in [0.15, 0.2) is 35.3 Å². The normalized spacial score (nSPS) is 18.1. The molecular formula is C19H23N4O2S+. The number of likely N-dealkylation sites (N-methyl/N-ethyl adjacent to an activating group) is 1. The van der Waals surface area contributed by atoms with Gasteiger partial charge in [0.05, 0.1) is 50.2 Å². The van der Waals surface area contributed by atoms with Crippen LogP contribution in [-0.2, 0) is 9.53 Å². The van der Waals surface area contributed by atoms with Crippen molar-refractivity contribution < 1.29 is 14.0 Å². The molecule has 7 heteroatoms. The Hall–Kier alpha value is -2.38. The molecule has 26 heavy (non-hydrogen) atoms. The number of nitrogens with zero attached hydrogens (tertiary/aromatic N) is 3. The van der Waals surface area contributed by atoms with E-state index in [0.29, 0.717) is 13.2 Å². The first-order chi connectivity index (χ1) is 12.6. The fourth-order valence-corrected chi connectivity index (χ4v) is 4.41. The third kappa shape index (κ3) is 3.20. The Balaban J connectivity index is 1.65. The maximum atomic E-state index is 10.5. The topological polar surface area (TPSA) is 53.9 Å². The monoisotopic (exact) mass is 371 g/mol. The molecule has 136 valence electrons. The Kier molecular flexibility index (Phi) is 4.42. The number of ether oxygens (including phenoxy) is 1. The van der Waals surface area contributed by atoms with Crippen LogP contribution in [0, 0.1) is 6.92 Å². The van der Waals surface area contributed by atoms with Gasteiger partial charge in [0.2, 0.25) is 6.73 Å². The van der Waals surface area contributed by atoms with E-state index in [1.807, 2.05) is 18.2 Å². The van der Waals surface area contributed by atoms with Gasteiger partial charge in [0.1, 0.15) is 10.8 Å². The van der Waals surface area contributed by atoms with Gasteiger partial charge >= 0.3 is 0 Å². The van der Waals surface area contributed by atoms with E-state index < -0.39 is 0 Å². The van der Waals surface area contributed by atoms with Crippen molar-refractivity contribution >= 4 is 40.0 Å². The Morgan fingerprint density at radius 2 is 2.12 bits per heavy atom.